The second-order valence-electron chi connectivity index (χ2n) is 4.86. The summed E-state index contributed by atoms with van der Waals surface area (Å²) in [5.41, 5.74) is 0. The molecule has 1 aliphatic heterocycles. The fraction of sp³-hybridized carbons (Fsp3) is 0.917. The van der Waals surface area contributed by atoms with E-state index in [2.05, 4.69) is 20.8 Å². The van der Waals surface area contributed by atoms with Gasteiger partial charge in [0.1, 0.15) is 6.61 Å². The quantitative estimate of drug-likeness (QED) is 0.769. The van der Waals surface area contributed by atoms with Crippen molar-refractivity contribution in [1.82, 2.24) is 4.90 Å². The fourth-order valence-electron chi connectivity index (χ4n) is 2.81. The summed E-state index contributed by atoms with van der Waals surface area (Å²) in [7, 11) is 0. The summed E-state index contributed by atoms with van der Waals surface area (Å²) in [6.45, 7) is 8.06. The van der Waals surface area contributed by atoms with Crippen molar-refractivity contribution in [2.45, 2.75) is 33.6 Å². The molecule has 0 spiro atoms. The van der Waals surface area contributed by atoms with Crippen molar-refractivity contribution >= 4 is 5.91 Å². The van der Waals surface area contributed by atoms with Crippen LogP contribution in [0.25, 0.3) is 0 Å². The molecule has 1 aliphatic rings. The third kappa shape index (κ3) is 2.94. The summed E-state index contributed by atoms with van der Waals surface area (Å²) in [4.78, 5) is 13.1. The molecule has 15 heavy (non-hydrogen) atoms. The van der Waals surface area contributed by atoms with E-state index in [1.165, 1.54) is 6.42 Å². The van der Waals surface area contributed by atoms with Crippen LogP contribution in [0.3, 0.4) is 0 Å². The first-order valence-corrected chi connectivity index (χ1v) is 5.98. The molecule has 3 heteroatoms. The van der Waals surface area contributed by atoms with Crippen molar-refractivity contribution in [2.75, 3.05) is 19.7 Å². The summed E-state index contributed by atoms with van der Waals surface area (Å²) >= 11 is 0. The summed E-state index contributed by atoms with van der Waals surface area (Å²) < 4.78 is 0. The Hall–Kier alpha value is -0.570. The normalized spacial score (nSPS) is 23.5. The number of aliphatic hydroxyl groups excluding tert-OH is 1. The molecular weight excluding hydrogens is 190 g/mol. The number of aliphatic hydroxyl groups is 1. The Morgan fingerprint density at radius 2 is 2.20 bits per heavy atom. The van der Waals surface area contributed by atoms with Gasteiger partial charge in [0, 0.05) is 13.1 Å². The number of amides is 1. The molecule has 1 rings (SSSR count). The van der Waals surface area contributed by atoms with Crippen molar-refractivity contribution < 1.29 is 9.90 Å². The van der Waals surface area contributed by atoms with Gasteiger partial charge in [-0.15, -0.1) is 0 Å². The number of carbonyl (C=O) groups is 1. The highest BCUT2D eigenvalue weighted by Gasteiger charge is 2.31. The lowest BCUT2D eigenvalue weighted by molar-refractivity contribution is -0.133. The predicted octanol–water partition coefficient (Wildman–Crippen LogP) is 1.51. The summed E-state index contributed by atoms with van der Waals surface area (Å²) in [5, 5.41) is 8.80. The lowest BCUT2D eigenvalue weighted by atomic mass is 9.81. The highest BCUT2D eigenvalue weighted by Crippen LogP contribution is 2.31. The van der Waals surface area contributed by atoms with Crippen LogP contribution < -0.4 is 0 Å². The van der Waals surface area contributed by atoms with E-state index in [1.807, 2.05) is 0 Å². The molecule has 1 heterocycles. The Morgan fingerprint density at radius 1 is 1.53 bits per heavy atom. The maximum Gasteiger partial charge on any atom is 0.248 e. The fourth-order valence-corrected chi connectivity index (χ4v) is 2.81. The Balaban J connectivity index is 2.51. The minimum Gasteiger partial charge on any atom is -0.387 e. The number of rotatable bonds is 4. The number of carbonyl (C=O) groups excluding carboxylic acids is 1. The van der Waals surface area contributed by atoms with Crippen molar-refractivity contribution in [3.63, 3.8) is 0 Å². The molecular formula is C12H23NO2. The van der Waals surface area contributed by atoms with Crippen molar-refractivity contribution in [2.24, 2.45) is 17.8 Å². The van der Waals surface area contributed by atoms with Gasteiger partial charge < -0.3 is 10.0 Å². The first-order chi connectivity index (χ1) is 7.10. The van der Waals surface area contributed by atoms with Crippen LogP contribution >= 0.6 is 0 Å². The van der Waals surface area contributed by atoms with Crippen LogP contribution in [0.5, 0.6) is 0 Å². The average molecular weight is 213 g/mol. The van der Waals surface area contributed by atoms with Crippen LogP contribution in [0.1, 0.15) is 33.6 Å². The standard InChI is InChI=1S/C12H23NO2/c1-4-11(9(2)3)10-5-6-13(7-10)12(15)8-14/h9-11,14H,4-8H2,1-3H3. The third-order valence-corrected chi connectivity index (χ3v) is 3.65. The summed E-state index contributed by atoms with van der Waals surface area (Å²) in [6.07, 6.45) is 2.28. The molecule has 0 aromatic heterocycles. The molecule has 0 aliphatic carbocycles. The lowest BCUT2D eigenvalue weighted by Crippen LogP contribution is -2.32. The number of hydrogen-bond donors (Lipinski definition) is 1. The van der Waals surface area contributed by atoms with Crippen molar-refractivity contribution in [3.8, 4) is 0 Å². The van der Waals surface area contributed by atoms with Gasteiger partial charge in [0.05, 0.1) is 0 Å². The zero-order valence-corrected chi connectivity index (χ0v) is 10.1. The van der Waals surface area contributed by atoms with Crippen LogP contribution in [0.4, 0.5) is 0 Å². The zero-order valence-electron chi connectivity index (χ0n) is 10.1. The van der Waals surface area contributed by atoms with Gasteiger partial charge in [-0.05, 0) is 24.2 Å². The third-order valence-electron chi connectivity index (χ3n) is 3.65. The van der Waals surface area contributed by atoms with Crippen LogP contribution in [0.2, 0.25) is 0 Å². The first kappa shape index (κ1) is 12.5. The second kappa shape index (κ2) is 5.50. The van der Waals surface area contributed by atoms with E-state index in [0.29, 0.717) is 17.8 Å². The Labute approximate surface area is 92.5 Å². The van der Waals surface area contributed by atoms with Crippen LogP contribution in [-0.2, 0) is 4.79 Å². The smallest absolute Gasteiger partial charge is 0.248 e. The molecule has 0 aromatic carbocycles. The predicted molar refractivity (Wildman–Crippen MR) is 60.4 cm³/mol. The van der Waals surface area contributed by atoms with Gasteiger partial charge in [-0.2, -0.15) is 0 Å². The van der Waals surface area contributed by atoms with Gasteiger partial charge in [-0.25, -0.2) is 0 Å². The number of nitrogens with zero attached hydrogens (tertiary/aromatic N) is 1. The van der Waals surface area contributed by atoms with Crippen molar-refractivity contribution in [3.05, 3.63) is 0 Å². The topological polar surface area (TPSA) is 40.5 Å². The highest BCUT2D eigenvalue weighted by atomic mass is 16.3. The second-order valence-corrected chi connectivity index (χ2v) is 4.86. The Morgan fingerprint density at radius 3 is 2.67 bits per heavy atom. The molecule has 2 atom stereocenters. The molecule has 2 unspecified atom stereocenters. The Kier molecular flexibility index (Phi) is 4.58. The first-order valence-electron chi connectivity index (χ1n) is 5.98. The van der Waals surface area contributed by atoms with Crippen LogP contribution in [-0.4, -0.2) is 35.6 Å². The SMILES string of the molecule is CCC(C(C)C)C1CCN(C(=O)CO)C1. The molecule has 88 valence electrons. The van der Waals surface area contributed by atoms with Gasteiger partial charge in [0.2, 0.25) is 5.91 Å². The van der Waals surface area contributed by atoms with Gasteiger partial charge >= 0.3 is 0 Å². The zero-order chi connectivity index (χ0) is 11.4. The molecule has 3 nitrogen and oxygen atoms in total. The number of likely N-dealkylation sites (tertiary alicyclic amines) is 1. The molecule has 1 fully saturated rings. The van der Waals surface area contributed by atoms with E-state index in [9.17, 15) is 4.79 Å². The van der Waals surface area contributed by atoms with Gasteiger partial charge in [0.25, 0.3) is 0 Å². The molecule has 0 bridgehead atoms. The van der Waals surface area contributed by atoms with Gasteiger partial charge in [0.15, 0.2) is 0 Å². The minimum absolute atomic E-state index is 0.115. The van der Waals surface area contributed by atoms with Crippen molar-refractivity contribution in [1.29, 1.82) is 0 Å². The molecule has 0 saturated carbocycles. The molecule has 1 saturated heterocycles. The van der Waals surface area contributed by atoms with Crippen LogP contribution in [0, 0.1) is 17.8 Å². The molecule has 0 aromatic rings. The molecule has 1 N–H and O–H groups in total. The van der Waals surface area contributed by atoms with E-state index in [4.69, 9.17) is 5.11 Å². The van der Waals surface area contributed by atoms with E-state index in [1.54, 1.807) is 4.90 Å². The van der Waals surface area contributed by atoms with Gasteiger partial charge in [-0.3, -0.25) is 4.79 Å². The van der Waals surface area contributed by atoms with E-state index in [-0.39, 0.29) is 12.5 Å². The van der Waals surface area contributed by atoms with E-state index < -0.39 is 0 Å². The summed E-state index contributed by atoms with van der Waals surface area (Å²) in [6, 6.07) is 0. The summed E-state index contributed by atoms with van der Waals surface area (Å²) in [5.74, 6) is 1.91. The van der Waals surface area contributed by atoms with Gasteiger partial charge in [-0.1, -0.05) is 27.2 Å². The average Bonchev–Trinajstić information content (AvgIpc) is 2.66. The Bertz CT molecular complexity index is 216. The monoisotopic (exact) mass is 213 g/mol. The van der Waals surface area contributed by atoms with E-state index >= 15 is 0 Å². The highest BCUT2D eigenvalue weighted by molar-refractivity contribution is 5.77. The molecule has 0 radical (unpaired) electrons. The number of hydrogen-bond acceptors (Lipinski definition) is 2. The maximum absolute atomic E-state index is 11.3. The molecule has 1 amide bonds. The minimum atomic E-state index is -0.342. The largest absolute Gasteiger partial charge is 0.387 e. The maximum atomic E-state index is 11.3. The lowest BCUT2D eigenvalue weighted by Gasteiger charge is -2.26. The van der Waals surface area contributed by atoms with E-state index in [0.717, 1.165) is 19.5 Å². The van der Waals surface area contributed by atoms with Crippen LogP contribution in [0.15, 0.2) is 0 Å².